The normalized spacial score (nSPS) is 26.1. The average Bonchev–Trinajstić information content (AvgIpc) is 2.94. The quantitative estimate of drug-likeness (QED) is 0.0751. The van der Waals surface area contributed by atoms with Crippen molar-refractivity contribution >= 4 is 11.9 Å². The maximum absolute atomic E-state index is 12.1. The first-order chi connectivity index (χ1) is 19.6. The van der Waals surface area contributed by atoms with Gasteiger partial charge < -0.3 is 46.3 Å². The molecule has 0 amide bonds. The number of esters is 1. The first-order valence-electron chi connectivity index (χ1n) is 14.5. The number of nitrogens with zero attached hydrogens (tertiary/aromatic N) is 1. The summed E-state index contributed by atoms with van der Waals surface area (Å²) >= 11 is 0. The number of piperidine rings is 1. The highest BCUT2D eigenvalue weighted by Crippen LogP contribution is 2.37. The number of aliphatic imine (C=N–C) groups is 1. The van der Waals surface area contributed by atoms with Gasteiger partial charge in [0.25, 0.3) is 0 Å². The number of carbonyl (C=O) groups is 1. The van der Waals surface area contributed by atoms with E-state index >= 15 is 0 Å². The van der Waals surface area contributed by atoms with E-state index in [2.05, 4.69) is 27.5 Å². The van der Waals surface area contributed by atoms with E-state index < -0.39 is 29.9 Å². The van der Waals surface area contributed by atoms with E-state index in [1.54, 1.807) is 13.1 Å². The molecular weight excluding hydrogens is 528 g/mol. The number of aromatic hydroxyl groups is 1. The van der Waals surface area contributed by atoms with Crippen molar-refractivity contribution in [3.63, 3.8) is 0 Å². The first kappa shape index (κ1) is 32.5. The second-order valence-corrected chi connectivity index (χ2v) is 11.1. The molecule has 1 heterocycles. The van der Waals surface area contributed by atoms with Crippen LogP contribution in [-0.4, -0.2) is 77.3 Å². The van der Waals surface area contributed by atoms with Gasteiger partial charge in [-0.15, -0.1) is 5.92 Å². The first-order valence-corrected chi connectivity index (χ1v) is 14.5. The fourth-order valence-electron chi connectivity index (χ4n) is 5.52. The summed E-state index contributed by atoms with van der Waals surface area (Å²) in [6.45, 7) is 5.47. The zero-order chi connectivity index (χ0) is 30.0. The summed E-state index contributed by atoms with van der Waals surface area (Å²) in [5.74, 6) is 6.27. The van der Waals surface area contributed by atoms with Gasteiger partial charge in [0, 0.05) is 50.3 Å². The van der Waals surface area contributed by atoms with Gasteiger partial charge in [0.15, 0.2) is 23.7 Å². The molecule has 1 fully saturated rings. The van der Waals surface area contributed by atoms with Gasteiger partial charge in [-0.25, -0.2) is 0 Å². The standard InChI is InChI=1S/C30H46N4O7/c1-4-30(18-34-29(31)32-3)10-5-6-20(26(40-19(2)35)16-22(36)7-11-30)14-21-15-27(25(37)17-24(21)28(38)39)41-23-8-12-33-13-9-23/h15,17,20,22-23,26,28,33,36-39H,4,6-9,11-14,16,18H2,1-3H3,(H3,31,32,34)/t20-,22+,26+,30-/m1/s1. The lowest BCUT2D eigenvalue weighted by Gasteiger charge is -2.33. The van der Waals surface area contributed by atoms with E-state index in [9.17, 15) is 25.2 Å². The van der Waals surface area contributed by atoms with Gasteiger partial charge in [-0.2, -0.15) is 0 Å². The summed E-state index contributed by atoms with van der Waals surface area (Å²) < 4.78 is 11.8. The van der Waals surface area contributed by atoms with E-state index in [1.807, 2.05) is 6.92 Å². The number of nitrogens with one attached hydrogen (secondary N) is 2. The average molecular weight is 575 g/mol. The number of rotatable bonds is 9. The van der Waals surface area contributed by atoms with Crippen LogP contribution in [0, 0.1) is 23.2 Å². The molecule has 41 heavy (non-hydrogen) atoms. The highest BCUT2D eigenvalue weighted by Gasteiger charge is 2.33. The second-order valence-electron chi connectivity index (χ2n) is 11.1. The lowest BCUT2D eigenvalue weighted by atomic mass is 9.77. The summed E-state index contributed by atoms with van der Waals surface area (Å²) in [7, 11) is 1.60. The van der Waals surface area contributed by atoms with Gasteiger partial charge in [0.2, 0.25) is 0 Å². The van der Waals surface area contributed by atoms with E-state index in [0.717, 1.165) is 32.4 Å². The van der Waals surface area contributed by atoms with Crippen LogP contribution in [0.4, 0.5) is 0 Å². The Morgan fingerprint density at radius 3 is 2.66 bits per heavy atom. The molecule has 11 nitrogen and oxygen atoms in total. The van der Waals surface area contributed by atoms with E-state index in [0.29, 0.717) is 37.3 Å². The molecule has 0 aromatic heterocycles. The van der Waals surface area contributed by atoms with Crippen LogP contribution >= 0.6 is 0 Å². The molecule has 228 valence electrons. The Kier molecular flexibility index (Phi) is 12.1. The van der Waals surface area contributed by atoms with Crippen molar-refractivity contribution in [2.45, 2.75) is 89.8 Å². The minimum Gasteiger partial charge on any atom is -0.504 e. The van der Waals surface area contributed by atoms with Gasteiger partial charge in [-0.05, 0) is 69.3 Å². The van der Waals surface area contributed by atoms with Crippen LogP contribution in [0.1, 0.15) is 76.2 Å². The predicted octanol–water partition coefficient (Wildman–Crippen LogP) is 1.47. The Labute approximate surface area is 242 Å². The van der Waals surface area contributed by atoms with Gasteiger partial charge in [-0.3, -0.25) is 9.79 Å². The molecule has 2 aliphatic rings. The second kappa shape index (κ2) is 15.3. The predicted molar refractivity (Wildman–Crippen MR) is 155 cm³/mol. The van der Waals surface area contributed by atoms with E-state index in [4.69, 9.17) is 15.2 Å². The lowest BCUT2D eigenvalue weighted by molar-refractivity contribution is -0.151. The van der Waals surface area contributed by atoms with Crippen LogP contribution in [0.5, 0.6) is 11.5 Å². The molecule has 1 aromatic carbocycles. The molecule has 1 aliphatic carbocycles. The number of phenols is 1. The Morgan fingerprint density at radius 2 is 2.02 bits per heavy atom. The van der Waals surface area contributed by atoms with E-state index in [1.165, 1.54) is 13.0 Å². The Morgan fingerprint density at radius 1 is 1.29 bits per heavy atom. The van der Waals surface area contributed by atoms with Crippen molar-refractivity contribution < 1.29 is 34.7 Å². The van der Waals surface area contributed by atoms with Crippen LogP contribution < -0.4 is 21.1 Å². The molecule has 0 unspecified atom stereocenters. The number of hydrogen-bond acceptors (Lipinski definition) is 9. The molecule has 0 bridgehead atoms. The maximum atomic E-state index is 12.1. The van der Waals surface area contributed by atoms with Crippen molar-refractivity contribution in [2.75, 3.05) is 26.7 Å². The summed E-state index contributed by atoms with van der Waals surface area (Å²) in [6.07, 6.45) is 0.851. The highest BCUT2D eigenvalue weighted by atomic mass is 16.5. The molecule has 0 radical (unpaired) electrons. The van der Waals surface area contributed by atoms with Crippen LogP contribution in [0.25, 0.3) is 0 Å². The number of aliphatic hydroxyl groups excluding tert-OH is 2. The molecular formula is C30H46N4O7. The Balaban J connectivity index is 1.97. The molecule has 11 heteroatoms. The number of aliphatic hydroxyl groups is 3. The number of carbonyl (C=O) groups excluding carboxylic acids is 1. The molecule has 0 spiro atoms. The third-order valence-electron chi connectivity index (χ3n) is 8.11. The third kappa shape index (κ3) is 9.50. The van der Waals surface area contributed by atoms with Crippen LogP contribution in [0.15, 0.2) is 17.1 Å². The summed E-state index contributed by atoms with van der Waals surface area (Å²) in [6, 6.07) is 2.94. The Bertz CT molecular complexity index is 1110. The zero-order valence-corrected chi connectivity index (χ0v) is 24.4. The summed E-state index contributed by atoms with van der Waals surface area (Å²) in [5, 5.41) is 48.3. The molecule has 0 saturated carbocycles. The molecule has 1 saturated heterocycles. The largest absolute Gasteiger partial charge is 0.504 e. The van der Waals surface area contributed by atoms with Crippen molar-refractivity contribution in [1.29, 1.82) is 0 Å². The SMILES string of the molecule is CC[C@@]1(CNC(N)=NC)C#CC[C@H](Cc2cc(OC3CCNCC3)c(O)cc2C(O)O)[C@@H](OC(C)=O)C[C@@H](O)CC1. The fraction of sp³-hybridized carbons (Fsp3) is 0.667. The third-order valence-corrected chi connectivity index (χ3v) is 8.11. The summed E-state index contributed by atoms with van der Waals surface area (Å²) in [4.78, 5) is 16.0. The zero-order valence-electron chi connectivity index (χ0n) is 24.4. The number of ether oxygens (including phenoxy) is 2. The number of guanidine groups is 1. The number of nitrogens with two attached hydrogens (primary N) is 1. The van der Waals surface area contributed by atoms with Gasteiger partial charge in [0.05, 0.1) is 6.10 Å². The van der Waals surface area contributed by atoms with Gasteiger partial charge in [-0.1, -0.05) is 12.8 Å². The Hall–Kier alpha value is -3.04. The smallest absolute Gasteiger partial charge is 0.302 e. The van der Waals surface area contributed by atoms with Crippen molar-refractivity contribution in [3.05, 3.63) is 23.3 Å². The molecule has 8 N–H and O–H groups in total. The van der Waals surface area contributed by atoms with Crippen LogP contribution in [0.2, 0.25) is 0 Å². The summed E-state index contributed by atoms with van der Waals surface area (Å²) in [5.41, 5.74) is 6.09. The molecule has 1 aromatic rings. The molecule has 3 rings (SSSR count). The number of hydrogen-bond donors (Lipinski definition) is 7. The number of phenolic OH excluding ortho intramolecular Hbond substituents is 1. The van der Waals surface area contributed by atoms with Crippen LogP contribution in [-0.2, 0) is 16.0 Å². The minimum atomic E-state index is -1.84. The van der Waals surface area contributed by atoms with Crippen molar-refractivity contribution in [2.24, 2.45) is 22.1 Å². The molecule has 4 atom stereocenters. The molecule has 1 aliphatic heterocycles. The number of benzene rings is 1. The minimum absolute atomic E-state index is 0.0778. The van der Waals surface area contributed by atoms with Crippen LogP contribution in [0.3, 0.4) is 0 Å². The van der Waals surface area contributed by atoms with Crippen molar-refractivity contribution in [3.8, 4) is 23.3 Å². The fourth-order valence-corrected chi connectivity index (χ4v) is 5.52. The lowest BCUT2D eigenvalue weighted by Crippen LogP contribution is -2.41. The van der Waals surface area contributed by atoms with Gasteiger partial charge in [0.1, 0.15) is 12.2 Å². The van der Waals surface area contributed by atoms with Gasteiger partial charge >= 0.3 is 5.97 Å². The maximum Gasteiger partial charge on any atom is 0.302 e. The van der Waals surface area contributed by atoms with E-state index in [-0.39, 0.29) is 41.9 Å². The van der Waals surface area contributed by atoms with Crippen molar-refractivity contribution in [1.82, 2.24) is 10.6 Å². The topological polar surface area (TPSA) is 179 Å². The monoisotopic (exact) mass is 574 g/mol. The highest BCUT2D eigenvalue weighted by molar-refractivity contribution is 5.77.